The molecule has 4 aromatic heterocycles. The molecule has 51 heavy (non-hydrogen) atoms. The number of carbonyl (C=O) groups excluding carboxylic acids is 1. The van der Waals surface area contributed by atoms with Gasteiger partial charge in [0.05, 0.1) is 51.4 Å². The van der Waals surface area contributed by atoms with Crippen LogP contribution in [0.15, 0.2) is 53.1 Å². The van der Waals surface area contributed by atoms with Gasteiger partial charge in [0.15, 0.2) is 11.6 Å². The predicted molar refractivity (Wildman–Crippen MR) is 190 cm³/mol. The highest BCUT2D eigenvalue weighted by Crippen LogP contribution is 2.51. The zero-order chi connectivity index (χ0) is 35.0. The summed E-state index contributed by atoms with van der Waals surface area (Å²) in [6.45, 7) is 2.40. The second kappa shape index (κ2) is 12.4. The summed E-state index contributed by atoms with van der Waals surface area (Å²) in [5.41, 5.74) is 5.76. The number of pyridine rings is 2. The third-order valence-corrected chi connectivity index (χ3v) is 11.7. The minimum absolute atomic E-state index is 0.0524. The summed E-state index contributed by atoms with van der Waals surface area (Å²) in [4.78, 5) is 26.9. The van der Waals surface area contributed by atoms with Crippen molar-refractivity contribution < 1.29 is 22.7 Å². The number of aryl methyl sites for hydroxylation is 3. The van der Waals surface area contributed by atoms with Crippen molar-refractivity contribution in [3.8, 4) is 27.6 Å². The minimum atomic E-state index is -0.426. The van der Waals surface area contributed by atoms with E-state index >= 15 is 4.39 Å². The van der Waals surface area contributed by atoms with Crippen molar-refractivity contribution >= 4 is 44.7 Å². The number of carbonyl (C=O) groups is 1. The largest absolute Gasteiger partial charge is 0.492 e. The van der Waals surface area contributed by atoms with Gasteiger partial charge in [-0.1, -0.05) is 23.7 Å². The number of nitrogens with one attached hydrogen (secondary N) is 1. The number of rotatable bonds is 8. The Morgan fingerprint density at radius 2 is 1.92 bits per heavy atom. The Labute approximate surface area is 300 Å². The normalized spacial score (nSPS) is 17.7. The number of halogens is 3. The number of thiophene rings is 1. The molecule has 2 atom stereocenters. The molecule has 0 bridgehead atoms. The van der Waals surface area contributed by atoms with Crippen molar-refractivity contribution in [1.29, 1.82) is 0 Å². The fraction of sp³-hybridized carbons (Fsp3) is 0.289. The maximum atomic E-state index is 15.3. The van der Waals surface area contributed by atoms with Crippen LogP contribution in [-0.4, -0.2) is 44.6 Å². The summed E-state index contributed by atoms with van der Waals surface area (Å²) in [7, 11) is 1.41. The fourth-order valence-electron chi connectivity index (χ4n) is 7.88. The first-order valence-electron chi connectivity index (χ1n) is 16.9. The lowest BCUT2D eigenvalue weighted by Crippen LogP contribution is -2.22. The molecule has 9 nitrogen and oxygen atoms in total. The van der Waals surface area contributed by atoms with Crippen molar-refractivity contribution in [3.05, 3.63) is 105 Å². The van der Waals surface area contributed by atoms with E-state index in [0.29, 0.717) is 60.6 Å². The summed E-state index contributed by atoms with van der Waals surface area (Å²) in [5, 5.41) is 13.3. The smallest absolute Gasteiger partial charge is 0.257 e. The first-order valence-corrected chi connectivity index (χ1v) is 18.1. The number of nitrogens with zero attached hydrogens (tertiary/aromatic N) is 5. The summed E-state index contributed by atoms with van der Waals surface area (Å²) in [6, 6.07) is 11.9. The summed E-state index contributed by atoms with van der Waals surface area (Å²) >= 11 is 7.92. The van der Waals surface area contributed by atoms with E-state index < -0.39 is 5.82 Å². The highest BCUT2D eigenvalue weighted by atomic mass is 35.5. The molecular weight excluding hydrogens is 694 g/mol. The van der Waals surface area contributed by atoms with Gasteiger partial charge in [-0.3, -0.25) is 9.78 Å². The molecule has 13 heteroatoms. The van der Waals surface area contributed by atoms with Crippen LogP contribution in [0.2, 0.25) is 5.02 Å². The van der Waals surface area contributed by atoms with Gasteiger partial charge in [0.1, 0.15) is 11.6 Å². The zero-order valence-corrected chi connectivity index (χ0v) is 29.3. The molecule has 6 aromatic rings. The van der Waals surface area contributed by atoms with E-state index in [1.54, 1.807) is 31.3 Å². The number of amides is 1. The maximum absolute atomic E-state index is 15.3. The molecule has 258 valence electrons. The minimum Gasteiger partial charge on any atom is -0.492 e. The third kappa shape index (κ3) is 5.26. The number of anilines is 1. The molecular formula is C38H31ClF2N6O3S. The molecule has 1 fully saturated rings. The first-order chi connectivity index (χ1) is 24.8. The van der Waals surface area contributed by atoms with E-state index in [1.165, 1.54) is 30.6 Å². The number of hydrogen-bond acceptors (Lipinski definition) is 9. The summed E-state index contributed by atoms with van der Waals surface area (Å²) in [6.07, 6.45) is 5.80. The molecule has 3 aliphatic rings. The van der Waals surface area contributed by atoms with Gasteiger partial charge in [-0.15, -0.1) is 21.5 Å². The lowest BCUT2D eigenvalue weighted by atomic mass is 9.93. The summed E-state index contributed by atoms with van der Waals surface area (Å²) in [5.74, 6) is 0.623. The van der Waals surface area contributed by atoms with Gasteiger partial charge in [0.2, 0.25) is 11.8 Å². The molecule has 2 aromatic carbocycles. The number of fused-ring (bicyclic) bond motifs is 5. The van der Waals surface area contributed by atoms with E-state index in [4.69, 9.17) is 30.7 Å². The second-order valence-corrected chi connectivity index (χ2v) is 14.6. The van der Waals surface area contributed by atoms with Crippen molar-refractivity contribution in [1.82, 2.24) is 25.1 Å². The highest BCUT2D eigenvalue weighted by molar-refractivity contribution is 7.23. The second-order valence-electron chi connectivity index (χ2n) is 13.2. The maximum Gasteiger partial charge on any atom is 0.257 e. The van der Waals surface area contributed by atoms with Crippen molar-refractivity contribution in [2.45, 2.75) is 57.5 Å². The Bertz CT molecular complexity index is 2380. The lowest BCUT2D eigenvalue weighted by Gasteiger charge is -2.17. The van der Waals surface area contributed by atoms with E-state index in [9.17, 15) is 9.18 Å². The van der Waals surface area contributed by atoms with Crippen LogP contribution in [0.5, 0.6) is 5.75 Å². The molecule has 1 N–H and O–H groups in total. The van der Waals surface area contributed by atoms with Crippen LogP contribution >= 0.6 is 22.9 Å². The number of benzene rings is 2. The van der Waals surface area contributed by atoms with Crippen LogP contribution in [0.3, 0.4) is 0 Å². The van der Waals surface area contributed by atoms with Crippen LogP contribution in [0.1, 0.15) is 75.7 Å². The monoisotopic (exact) mass is 724 g/mol. The number of methoxy groups -OCH3 is 1. The number of aromatic nitrogens is 4. The molecule has 1 amide bonds. The molecule has 0 radical (unpaired) electrons. The number of hydrogen-bond donors (Lipinski definition) is 1. The van der Waals surface area contributed by atoms with E-state index in [2.05, 4.69) is 21.6 Å². The Kier molecular flexibility index (Phi) is 7.77. The summed E-state index contributed by atoms with van der Waals surface area (Å²) < 4.78 is 41.2. The van der Waals surface area contributed by atoms with Gasteiger partial charge in [-0.25, -0.2) is 13.8 Å². The van der Waals surface area contributed by atoms with E-state index in [0.717, 1.165) is 55.9 Å². The van der Waals surface area contributed by atoms with Crippen molar-refractivity contribution in [2.75, 3.05) is 19.0 Å². The SMILES string of the molecule is COc1c(Cl)cc2c(c1F)CCC2Nc1nccc2cc(-c3c4c(nc(CCc5ccc(F)cc5)c3-c3nnc(C)o3)[C@H]3CCCN3C4=O)sc12. The Balaban J connectivity index is 1.19. The third-order valence-electron chi connectivity index (χ3n) is 10.2. The first kappa shape index (κ1) is 32.0. The average Bonchev–Trinajstić information content (AvgIpc) is 3.96. The molecule has 1 saturated heterocycles. The van der Waals surface area contributed by atoms with Crippen LogP contribution in [0.25, 0.3) is 32.0 Å². The van der Waals surface area contributed by atoms with Gasteiger partial charge in [0.25, 0.3) is 5.91 Å². The van der Waals surface area contributed by atoms with Crippen LogP contribution < -0.4 is 10.1 Å². The van der Waals surface area contributed by atoms with Gasteiger partial charge < -0.3 is 19.4 Å². The molecule has 2 aliphatic heterocycles. The molecule has 9 rings (SSSR count). The van der Waals surface area contributed by atoms with Crippen LogP contribution in [0, 0.1) is 18.6 Å². The quantitative estimate of drug-likeness (QED) is 0.166. The number of ether oxygens (including phenoxy) is 1. The Hall–Kier alpha value is -4.94. The Morgan fingerprint density at radius 1 is 1.08 bits per heavy atom. The average molecular weight is 725 g/mol. The van der Waals surface area contributed by atoms with Gasteiger partial charge in [-0.05, 0) is 90.9 Å². The van der Waals surface area contributed by atoms with Crippen LogP contribution in [-0.2, 0) is 19.3 Å². The fourth-order valence-corrected chi connectivity index (χ4v) is 9.32. The molecule has 6 heterocycles. The lowest BCUT2D eigenvalue weighted by molar-refractivity contribution is 0.0776. The van der Waals surface area contributed by atoms with Gasteiger partial charge >= 0.3 is 0 Å². The van der Waals surface area contributed by atoms with Gasteiger partial charge in [-0.2, -0.15) is 0 Å². The predicted octanol–water partition coefficient (Wildman–Crippen LogP) is 8.83. The van der Waals surface area contributed by atoms with E-state index in [-0.39, 0.29) is 40.5 Å². The highest BCUT2D eigenvalue weighted by Gasteiger charge is 2.45. The van der Waals surface area contributed by atoms with E-state index in [1.807, 2.05) is 11.0 Å². The molecule has 1 aliphatic carbocycles. The van der Waals surface area contributed by atoms with Crippen molar-refractivity contribution in [2.24, 2.45) is 0 Å². The van der Waals surface area contributed by atoms with Crippen molar-refractivity contribution in [3.63, 3.8) is 0 Å². The topological polar surface area (TPSA) is 106 Å². The standard InChI is InChI=1S/C38H31ClF2N6O3S/c1-18-45-46-37(50-18)29-26(11-7-19-5-8-21(40)9-6-19)43-33-27-4-3-15-47(27)38(48)31(33)30(29)28-16-20-13-14-42-36(35(20)51-28)44-25-12-10-22-23(25)17-24(39)34(49-2)32(22)41/h5-6,8-9,13-14,16-17,25,27H,3-4,7,10-12,15H2,1-2H3,(H,42,44)/t25?,27-/m1/s1. The molecule has 0 spiro atoms. The zero-order valence-electron chi connectivity index (χ0n) is 27.7. The molecule has 0 saturated carbocycles. The van der Waals surface area contributed by atoms with Crippen LogP contribution in [0.4, 0.5) is 14.6 Å². The van der Waals surface area contributed by atoms with Gasteiger partial charge in [0, 0.05) is 30.1 Å². The molecule has 1 unspecified atom stereocenters. The Morgan fingerprint density at radius 3 is 2.71 bits per heavy atom.